The Kier molecular flexibility index (Phi) is 4.61. The summed E-state index contributed by atoms with van der Waals surface area (Å²) >= 11 is 0. The van der Waals surface area contributed by atoms with E-state index in [1.807, 2.05) is 0 Å². The van der Waals surface area contributed by atoms with Crippen LogP contribution in [-0.2, 0) is 10.0 Å². The number of sulfonamides is 1. The number of nitrogens with one attached hydrogen (secondary N) is 1. The van der Waals surface area contributed by atoms with E-state index in [0.29, 0.717) is 6.42 Å². The number of carbonyl (C=O) groups is 1. The third kappa shape index (κ3) is 4.27. The molecule has 0 aromatic carbocycles. The Morgan fingerprint density at radius 2 is 2.11 bits per heavy atom. The minimum Gasteiger partial charge on any atom is -0.478 e. The first-order chi connectivity index (χ1) is 8.68. The third-order valence-corrected chi connectivity index (χ3v) is 3.98. The van der Waals surface area contributed by atoms with Crippen molar-refractivity contribution in [1.29, 1.82) is 0 Å². The minimum absolute atomic E-state index is 0.0977. The first kappa shape index (κ1) is 15.5. The molecule has 1 rings (SSSR count). The molecule has 7 nitrogen and oxygen atoms in total. The lowest BCUT2D eigenvalue weighted by Crippen LogP contribution is -2.40. The zero-order chi connectivity index (χ0) is 14.7. The summed E-state index contributed by atoms with van der Waals surface area (Å²) in [6, 6.07) is 2.26. The molecule has 3 N–H and O–H groups in total. The number of rotatable bonds is 6. The quantitative estimate of drug-likeness (QED) is 0.689. The van der Waals surface area contributed by atoms with Crippen molar-refractivity contribution in [2.75, 3.05) is 6.54 Å². The molecule has 0 saturated heterocycles. The van der Waals surface area contributed by atoms with E-state index in [4.69, 9.17) is 5.11 Å². The molecule has 106 valence electrons. The van der Waals surface area contributed by atoms with E-state index in [9.17, 15) is 18.3 Å². The average Bonchev–Trinajstić information content (AvgIpc) is 2.37. The van der Waals surface area contributed by atoms with Crippen molar-refractivity contribution in [2.45, 2.75) is 30.9 Å². The molecule has 0 fully saturated rings. The molecule has 19 heavy (non-hydrogen) atoms. The molecule has 0 amide bonds. The molecule has 0 radical (unpaired) electrons. The Bertz CT molecular complexity index is 551. The highest BCUT2D eigenvalue weighted by molar-refractivity contribution is 7.89. The molecule has 0 saturated carbocycles. The summed E-state index contributed by atoms with van der Waals surface area (Å²) in [6.07, 6.45) is 1.36. The number of aliphatic hydroxyl groups is 1. The molecular weight excluding hydrogens is 272 g/mol. The van der Waals surface area contributed by atoms with Crippen molar-refractivity contribution in [1.82, 2.24) is 9.71 Å². The second-order valence-corrected chi connectivity index (χ2v) is 6.08. The van der Waals surface area contributed by atoms with Crippen LogP contribution in [-0.4, -0.2) is 41.7 Å². The number of nitrogens with zero attached hydrogens (tertiary/aromatic N) is 1. The number of carboxylic acids is 1. The zero-order valence-electron chi connectivity index (χ0n) is 10.6. The van der Waals surface area contributed by atoms with Crippen LogP contribution in [0.15, 0.2) is 23.4 Å². The second-order valence-electron chi connectivity index (χ2n) is 4.37. The summed E-state index contributed by atoms with van der Waals surface area (Å²) < 4.78 is 25.9. The molecule has 1 heterocycles. The Hall–Kier alpha value is -1.51. The maximum Gasteiger partial charge on any atom is 0.337 e. The van der Waals surface area contributed by atoms with Gasteiger partial charge < -0.3 is 10.2 Å². The van der Waals surface area contributed by atoms with E-state index in [2.05, 4.69) is 9.71 Å². The van der Waals surface area contributed by atoms with E-state index in [1.54, 1.807) is 6.92 Å². The number of pyridine rings is 1. The molecule has 0 spiro atoms. The van der Waals surface area contributed by atoms with Crippen molar-refractivity contribution in [3.05, 3.63) is 23.9 Å². The van der Waals surface area contributed by atoms with Crippen molar-refractivity contribution >= 4 is 16.0 Å². The van der Waals surface area contributed by atoms with Gasteiger partial charge in [0.2, 0.25) is 0 Å². The maximum absolute atomic E-state index is 11.8. The lowest BCUT2D eigenvalue weighted by molar-refractivity contribution is 0.0613. The van der Waals surface area contributed by atoms with Gasteiger partial charge in [-0.2, -0.15) is 0 Å². The van der Waals surface area contributed by atoms with Gasteiger partial charge in [-0.15, -0.1) is 0 Å². The van der Waals surface area contributed by atoms with E-state index >= 15 is 0 Å². The lowest BCUT2D eigenvalue weighted by atomic mass is 10.1. The first-order valence-electron chi connectivity index (χ1n) is 5.59. The molecule has 1 atom stereocenters. The topological polar surface area (TPSA) is 117 Å². The van der Waals surface area contributed by atoms with Crippen LogP contribution in [0.5, 0.6) is 0 Å². The Balaban J connectivity index is 2.86. The number of aromatic nitrogens is 1. The van der Waals surface area contributed by atoms with Crippen LogP contribution in [0.3, 0.4) is 0 Å². The predicted octanol–water partition coefficient (Wildman–Crippen LogP) is 0.219. The van der Waals surface area contributed by atoms with Gasteiger partial charge in [0.15, 0.2) is 5.03 Å². The third-order valence-electron chi connectivity index (χ3n) is 2.66. The molecule has 1 aromatic rings. The van der Waals surface area contributed by atoms with Crippen LogP contribution in [0.2, 0.25) is 0 Å². The monoisotopic (exact) mass is 288 g/mol. The minimum atomic E-state index is -3.86. The van der Waals surface area contributed by atoms with Crippen molar-refractivity contribution < 1.29 is 23.4 Å². The maximum atomic E-state index is 11.8. The zero-order valence-corrected chi connectivity index (χ0v) is 11.4. The lowest BCUT2D eigenvalue weighted by Gasteiger charge is -2.21. The van der Waals surface area contributed by atoms with Crippen LogP contribution in [0, 0.1) is 0 Å². The number of hydrogen-bond donors (Lipinski definition) is 3. The van der Waals surface area contributed by atoms with Crippen molar-refractivity contribution in [3.8, 4) is 0 Å². The highest BCUT2D eigenvalue weighted by Gasteiger charge is 2.23. The van der Waals surface area contributed by atoms with E-state index in [0.717, 1.165) is 18.3 Å². The summed E-state index contributed by atoms with van der Waals surface area (Å²) in [5.41, 5.74) is -1.24. The second kappa shape index (κ2) is 5.64. The van der Waals surface area contributed by atoms with Crippen LogP contribution >= 0.6 is 0 Å². The summed E-state index contributed by atoms with van der Waals surface area (Å²) in [5, 5.41) is 18.1. The average molecular weight is 288 g/mol. The molecule has 0 aliphatic carbocycles. The summed E-state index contributed by atoms with van der Waals surface area (Å²) in [7, 11) is -3.86. The first-order valence-corrected chi connectivity index (χ1v) is 7.08. The van der Waals surface area contributed by atoms with Crippen LogP contribution in [0.4, 0.5) is 0 Å². The molecule has 8 heteroatoms. The fraction of sp³-hybridized carbons (Fsp3) is 0.455. The fourth-order valence-electron chi connectivity index (χ4n) is 1.12. The molecular formula is C11H16N2O5S. The highest BCUT2D eigenvalue weighted by atomic mass is 32.2. The molecule has 1 unspecified atom stereocenters. The van der Waals surface area contributed by atoms with Gasteiger partial charge in [0.25, 0.3) is 10.0 Å². The van der Waals surface area contributed by atoms with Crippen molar-refractivity contribution in [2.24, 2.45) is 0 Å². The van der Waals surface area contributed by atoms with Gasteiger partial charge >= 0.3 is 5.97 Å². The van der Waals surface area contributed by atoms with E-state index in [-0.39, 0.29) is 17.1 Å². The number of aromatic carboxylic acids is 1. The fourth-order valence-corrected chi connectivity index (χ4v) is 2.20. The van der Waals surface area contributed by atoms with Crippen LogP contribution in [0.25, 0.3) is 0 Å². The molecule has 1 aromatic heterocycles. The Labute approximate surface area is 111 Å². The molecule has 0 aliphatic rings. The van der Waals surface area contributed by atoms with Gasteiger partial charge in [0.05, 0.1) is 11.2 Å². The Morgan fingerprint density at radius 1 is 1.47 bits per heavy atom. The van der Waals surface area contributed by atoms with Gasteiger partial charge in [0.1, 0.15) is 0 Å². The van der Waals surface area contributed by atoms with E-state index < -0.39 is 21.6 Å². The van der Waals surface area contributed by atoms with Crippen LogP contribution in [0.1, 0.15) is 30.6 Å². The van der Waals surface area contributed by atoms with Crippen molar-refractivity contribution in [3.63, 3.8) is 0 Å². The summed E-state index contributed by atoms with van der Waals surface area (Å²) in [4.78, 5) is 14.2. The SMILES string of the molecule is CCC(C)(O)CNS(=O)(=O)c1ccc(C(=O)O)cn1. The molecule has 0 aliphatic heterocycles. The standard InChI is InChI=1S/C11H16N2O5S/c1-3-11(2,16)7-13-19(17,18)9-5-4-8(6-12-9)10(14)15/h4-6,13,16H,3,7H2,1-2H3,(H,14,15). The predicted molar refractivity (Wildman–Crippen MR) is 67.3 cm³/mol. The Morgan fingerprint density at radius 3 is 2.53 bits per heavy atom. The number of carboxylic acid groups (broad SMARTS) is 1. The van der Waals surface area contributed by atoms with Gasteiger partial charge in [-0.1, -0.05) is 6.92 Å². The normalized spacial score (nSPS) is 14.9. The van der Waals surface area contributed by atoms with E-state index in [1.165, 1.54) is 6.92 Å². The molecule has 0 bridgehead atoms. The largest absolute Gasteiger partial charge is 0.478 e. The smallest absolute Gasteiger partial charge is 0.337 e. The highest BCUT2D eigenvalue weighted by Crippen LogP contribution is 2.10. The summed E-state index contributed by atoms with van der Waals surface area (Å²) in [6.45, 7) is 3.10. The summed E-state index contributed by atoms with van der Waals surface area (Å²) in [5.74, 6) is -1.18. The van der Waals surface area contributed by atoms with Gasteiger partial charge in [-0.05, 0) is 25.5 Å². The van der Waals surface area contributed by atoms with Gasteiger partial charge in [-0.25, -0.2) is 22.9 Å². The van der Waals surface area contributed by atoms with Gasteiger partial charge in [-0.3, -0.25) is 0 Å². The van der Waals surface area contributed by atoms with Gasteiger partial charge in [0, 0.05) is 12.7 Å². The number of hydrogen-bond acceptors (Lipinski definition) is 5. The van der Waals surface area contributed by atoms with Crippen LogP contribution < -0.4 is 4.72 Å².